The van der Waals surface area contributed by atoms with Gasteiger partial charge in [0.1, 0.15) is 0 Å². The summed E-state index contributed by atoms with van der Waals surface area (Å²) in [4.78, 5) is 26.8. The minimum atomic E-state index is -1.03. The lowest BCUT2D eigenvalue weighted by Crippen LogP contribution is -2.57. The molecule has 0 radical (unpaired) electrons. The molecule has 2 rings (SSSR count). The molecule has 0 aliphatic carbocycles. The second kappa shape index (κ2) is 6.90. The summed E-state index contributed by atoms with van der Waals surface area (Å²) in [5, 5.41) is 18.2. The number of carboxylic acid groups (broad SMARTS) is 1. The maximum Gasteiger partial charge on any atom is 0.328 e. The highest BCUT2D eigenvalue weighted by Crippen LogP contribution is 2.21. The predicted molar refractivity (Wildman–Crippen MR) is 70.3 cm³/mol. The van der Waals surface area contributed by atoms with Crippen LogP contribution >= 0.6 is 0 Å². The van der Waals surface area contributed by atoms with Gasteiger partial charge in [0.25, 0.3) is 0 Å². The quantitative estimate of drug-likeness (QED) is 0.761. The van der Waals surface area contributed by atoms with Crippen LogP contribution < -0.4 is 0 Å². The van der Waals surface area contributed by atoms with Crippen molar-refractivity contribution in [3.8, 4) is 0 Å². The van der Waals surface area contributed by atoms with Crippen LogP contribution in [0.2, 0.25) is 0 Å². The number of aliphatic hydroxyl groups is 1. The molecule has 2 saturated heterocycles. The third-order valence-electron chi connectivity index (χ3n) is 3.99. The lowest BCUT2D eigenvalue weighted by atomic mass is 9.95. The van der Waals surface area contributed by atoms with E-state index in [1.54, 1.807) is 4.90 Å². The number of piperidine rings is 1. The molecule has 2 atom stereocenters. The molecule has 114 valence electrons. The van der Waals surface area contributed by atoms with Crippen molar-refractivity contribution in [3.63, 3.8) is 0 Å². The topological polar surface area (TPSA) is 90.3 Å². The zero-order chi connectivity index (χ0) is 14.5. The molecule has 2 heterocycles. The number of hydrogen-bond donors (Lipinski definition) is 2. The van der Waals surface area contributed by atoms with Crippen molar-refractivity contribution >= 4 is 12.0 Å². The molecule has 2 fully saturated rings. The van der Waals surface area contributed by atoms with Crippen molar-refractivity contribution in [3.05, 3.63) is 0 Å². The second-order valence-electron chi connectivity index (χ2n) is 5.37. The Morgan fingerprint density at radius 3 is 2.80 bits per heavy atom. The molecule has 0 aromatic rings. The molecule has 0 aromatic carbocycles. The van der Waals surface area contributed by atoms with Gasteiger partial charge in [0.15, 0.2) is 6.04 Å². The summed E-state index contributed by atoms with van der Waals surface area (Å²) in [6, 6.07) is -1.11. The van der Waals surface area contributed by atoms with Gasteiger partial charge in [0.05, 0.1) is 13.2 Å². The van der Waals surface area contributed by atoms with E-state index in [-0.39, 0.29) is 19.2 Å². The van der Waals surface area contributed by atoms with Crippen molar-refractivity contribution in [2.45, 2.75) is 25.3 Å². The summed E-state index contributed by atoms with van der Waals surface area (Å²) in [6.07, 6.45) is 2.60. The van der Waals surface area contributed by atoms with E-state index in [1.807, 2.05) is 0 Å². The first-order valence-electron chi connectivity index (χ1n) is 7.10. The zero-order valence-corrected chi connectivity index (χ0v) is 11.5. The average Bonchev–Trinajstić information content (AvgIpc) is 2.47. The summed E-state index contributed by atoms with van der Waals surface area (Å²) in [5.41, 5.74) is 0. The van der Waals surface area contributed by atoms with E-state index >= 15 is 0 Å². The Bertz CT molecular complexity index is 361. The highest BCUT2D eigenvalue weighted by Gasteiger charge is 2.36. The summed E-state index contributed by atoms with van der Waals surface area (Å²) in [6.45, 7) is 2.13. The van der Waals surface area contributed by atoms with Gasteiger partial charge >= 0.3 is 12.0 Å². The molecule has 2 N–H and O–H groups in total. The van der Waals surface area contributed by atoms with Crippen molar-refractivity contribution in [1.82, 2.24) is 9.80 Å². The van der Waals surface area contributed by atoms with E-state index in [0.29, 0.717) is 38.6 Å². The molecule has 7 heteroatoms. The molecular weight excluding hydrogens is 264 g/mol. The molecule has 0 saturated carbocycles. The average molecular weight is 286 g/mol. The van der Waals surface area contributed by atoms with E-state index in [4.69, 9.17) is 14.9 Å². The Labute approximate surface area is 118 Å². The van der Waals surface area contributed by atoms with Crippen LogP contribution in [0.25, 0.3) is 0 Å². The molecule has 7 nitrogen and oxygen atoms in total. The number of carboxylic acids is 1. The van der Waals surface area contributed by atoms with Gasteiger partial charge in [-0.3, -0.25) is 0 Å². The van der Waals surface area contributed by atoms with E-state index < -0.39 is 12.0 Å². The largest absolute Gasteiger partial charge is 0.480 e. The first kappa shape index (κ1) is 15.1. The summed E-state index contributed by atoms with van der Waals surface area (Å²) in [5.74, 6) is -0.719. The second-order valence-corrected chi connectivity index (χ2v) is 5.37. The maximum absolute atomic E-state index is 12.5. The fraction of sp³-hybridized carbons (Fsp3) is 0.846. The number of carbonyl (C=O) groups excluding carboxylic acids is 1. The van der Waals surface area contributed by atoms with Crippen molar-refractivity contribution < 1.29 is 24.5 Å². The SMILES string of the molecule is O=C(O)C1COCCN1C(=O)N1CCCC(CCO)C1. The Hall–Kier alpha value is -1.34. The van der Waals surface area contributed by atoms with E-state index in [1.165, 1.54) is 4.90 Å². The molecule has 2 amide bonds. The standard InChI is InChI=1S/C13H22N2O5/c16-6-3-10-2-1-4-14(8-10)13(19)15-5-7-20-9-11(15)12(17)18/h10-11,16H,1-9H2,(H,17,18). The number of aliphatic carboxylic acids is 1. The summed E-state index contributed by atoms with van der Waals surface area (Å²) >= 11 is 0. The minimum Gasteiger partial charge on any atom is -0.480 e. The summed E-state index contributed by atoms with van der Waals surface area (Å²) in [7, 11) is 0. The van der Waals surface area contributed by atoms with Gasteiger partial charge in [-0.25, -0.2) is 9.59 Å². The molecule has 2 aliphatic heterocycles. The van der Waals surface area contributed by atoms with Gasteiger partial charge in [-0.15, -0.1) is 0 Å². The highest BCUT2D eigenvalue weighted by atomic mass is 16.5. The van der Waals surface area contributed by atoms with Gasteiger partial charge in [-0.1, -0.05) is 0 Å². The minimum absolute atomic E-state index is 0.0506. The van der Waals surface area contributed by atoms with Gasteiger partial charge in [0, 0.05) is 26.2 Å². The molecule has 0 bridgehead atoms. The monoisotopic (exact) mass is 286 g/mol. The Balaban J connectivity index is 1.99. The predicted octanol–water partition coefficient (Wildman–Crippen LogP) is -0.0138. The third-order valence-corrected chi connectivity index (χ3v) is 3.99. The fourth-order valence-electron chi connectivity index (χ4n) is 2.88. The number of nitrogens with zero attached hydrogens (tertiary/aromatic N) is 2. The Morgan fingerprint density at radius 2 is 2.10 bits per heavy atom. The van der Waals surface area contributed by atoms with Gasteiger partial charge < -0.3 is 24.7 Å². The summed E-state index contributed by atoms with van der Waals surface area (Å²) < 4.78 is 5.14. The molecular formula is C13H22N2O5. The van der Waals surface area contributed by atoms with Crippen LogP contribution in [0, 0.1) is 5.92 Å². The van der Waals surface area contributed by atoms with Crippen molar-refractivity contribution in [2.24, 2.45) is 5.92 Å². The van der Waals surface area contributed by atoms with Crippen LogP contribution in [-0.4, -0.2) is 77.5 Å². The van der Waals surface area contributed by atoms with Gasteiger partial charge in [-0.05, 0) is 25.2 Å². The van der Waals surface area contributed by atoms with Crippen LogP contribution in [0.3, 0.4) is 0 Å². The maximum atomic E-state index is 12.5. The normalized spacial score (nSPS) is 27.4. The van der Waals surface area contributed by atoms with Crippen LogP contribution in [-0.2, 0) is 9.53 Å². The Morgan fingerprint density at radius 1 is 1.30 bits per heavy atom. The van der Waals surface area contributed by atoms with Crippen LogP contribution in [0.15, 0.2) is 0 Å². The van der Waals surface area contributed by atoms with Crippen LogP contribution in [0.1, 0.15) is 19.3 Å². The Kier molecular flexibility index (Phi) is 5.19. The third kappa shape index (κ3) is 3.40. The number of morpholine rings is 1. The molecule has 2 unspecified atom stereocenters. The highest BCUT2D eigenvalue weighted by molar-refractivity contribution is 5.83. The van der Waals surface area contributed by atoms with Crippen LogP contribution in [0.4, 0.5) is 4.79 Å². The van der Waals surface area contributed by atoms with Crippen LogP contribution in [0.5, 0.6) is 0 Å². The van der Waals surface area contributed by atoms with E-state index in [0.717, 1.165) is 12.8 Å². The smallest absolute Gasteiger partial charge is 0.328 e. The molecule has 2 aliphatic rings. The molecule has 20 heavy (non-hydrogen) atoms. The van der Waals surface area contributed by atoms with E-state index in [2.05, 4.69) is 0 Å². The number of hydrogen-bond acceptors (Lipinski definition) is 4. The zero-order valence-electron chi connectivity index (χ0n) is 11.5. The first-order valence-corrected chi connectivity index (χ1v) is 7.10. The van der Waals surface area contributed by atoms with Crippen molar-refractivity contribution in [1.29, 1.82) is 0 Å². The lowest BCUT2D eigenvalue weighted by Gasteiger charge is -2.39. The first-order chi connectivity index (χ1) is 9.63. The van der Waals surface area contributed by atoms with E-state index in [9.17, 15) is 9.59 Å². The number of ether oxygens (including phenoxy) is 1. The van der Waals surface area contributed by atoms with Gasteiger partial charge in [0.2, 0.25) is 0 Å². The lowest BCUT2D eigenvalue weighted by molar-refractivity contribution is -0.147. The van der Waals surface area contributed by atoms with Gasteiger partial charge in [-0.2, -0.15) is 0 Å². The number of amides is 2. The molecule has 0 spiro atoms. The fourth-order valence-corrected chi connectivity index (χ4v) is 2.88. The number of likely N-dealkylation sites (tertiary alicyclic amines) is 1. The molecule has 0 aromatic heterocycles. The van der Waals surface area contributed by atoms with Crippen molar-refractivity contribution in [2.75, 3.05) is 39.5 Å². The number of rotatable bonds is 3. The number of urea groups is 1. The number of carbonyl (C=O) groups is 2. The number of aliphatic hydroxyl groups excluding tert-OH is 1.